The van der Waals surface area contributed by atoms with Crippen LogP contribution in [0.5, 0.6) is 0 Å². The SMILES string of the molecule is CC1=C(C(=O)O)SN(CC#CCN2NC(C)=C(C(=O)O)S2)N1. The van der Waals surface area contributed by atoms with Gasteiger partial charge in [-0.2, -0.15) is 0 Å². The molecule has 118 valence electrons. The summed E-state index contributed by atoms with van der Waals surface area (Å²) in [5.74, 6) is 3.88. The predicted octanol–water partition coefficient (Wildman–Crippen LogP) is 0.559. The van der Waals surface area contributed by atoms with E-state index < -0.39 is 11.9 Å². The molecule has 10 heteroatoms. The average molecular weight is 342 g/mol. The molecule has 0 atom stereocenters. The quantitative estimate of drug-likeness (QED) is 0.428. The zero-order valence-electron chi connectivity index (χ0n) is 11.8. The molecule has 0 saturated heterocycles. The first kappa shape index (κ1) is 16.6. The van der Waals surface area contributed by atoms with Crippen LogP contribution in [0.1, 0.15) is 13.8 Å². The Morgan fingerprint density at radius 1 is 0.955 bits per heavy atom. The minimum atomic E-state index is -0.967. The summed E-state index contributed by atoms with van der Waals surface area (Å²) in [7, 11) is 0. The molecule has 0 radical (unpaired) electrons. The Hall–Kier alpha value is -1.80. The van der Waals surface area contributed by atoms with E-state index in [4.69, 9.17) is 10.2 Å². The summed E-state index contributed by atoms with van der Waals surface area (Å²) in [6.07, 6.45) is 0. The number of hydrogen-bond donors (Lipinski definition) is 4. The summed E-state index contributed by atoms with van der Waals surface area (Å²) in [6, 6.07) is 0. The predicted molar refractivity (Wildman–Crippen MR) is 83.3 cm³/mol. The number of aliphatic carboxylic acids is 2. The van der Waals surface area contributed by atoms with Gasteiger partial charge in [0.25, 0.3) is 0 Å². The molecule has 0 saturated carbocycles. The third-order valence-corrected chi connectivity index (χ3v) is 4.84. The van der Waals surface area contributed by atoms with Crippen LogP contribution in [-0.2, 0) is 9.59 Å². The second kappa shape index (κ2) is 6.97. The number of nitrogens with one attached hydrogen (secondary N) is 2. The van der Waals surface area contributed by atoms with Gasteiger partial charge in [0, 0.05) is 11.4 Å². The molecule has 0 aromatic heterocycles. The minimum Gasteiger partial charge on any atom is -0.477 e. The van der Waals surface area contributed by atoms with Crippen molar-refractivity contribution in [1.29, 1.82) is 0 Å². The van der Waals surface area contributed by atoms with Crippen molar-refractivity contribution in [3.8, 4) is 11.8 Å². The topological polar surface area (TPSA) is 105 Å². The fourth-order valence-electron chi connectivity index (χ4n) is 1.68. The van der Waals surface area contributed by atoms with Gasteiger partial charge < -0.3 is 21.1 Å². The lowest BCUT2D eigenvalue weighted by Crippen LogP contribution is -2.27. The summed E-state index contributed by atoms with van der Waals surface area (Å²) in [4.78, 5) is 22.4. The Morgan fingerprint density at radius 3 is 1.59 bits per heavy atom. The second-order valence-corrected chi connectivity index (χ2v) is 6.41. The molecule has 8 nitrogen and oxygen atoms in total. The van der Waals surface area contributed by atoms with Crippen molar-refractivity contribution in [1.82, 2.24) is 19.7 Å². The number of carboxylic acid groups (broad SMARTS) is 2. The van der Waals surface area contributed by atoms with Crippen molar-refractivity contribution in [3.05, 3.63) is 21.2 Å². The fourth-order valence-corrected chi connectivity index (χ4v) is 3.26. The van der Waals surface area contributed by atoms with Crippen LogP contribution in [-0.4, -0.2) is 44.1 Å². The van der Waals surface area contributed by atoms with Crippen molar-refractivity contribution >= 4 is 35.8 Å². The van der Waals surface area contributed by atoms with Crippen LogP contribution in [0.15, 0.2) is 21.2 Å². The molecular weight excluding hydrogens is 328 g/mol. The van der Waals surface area contributed by atoms with Gasteiger partial charge in [0.1, 0.15) is 9.81 Å². The molecule has 2 aliphatic heterocycles. The van der Waals surface area contributed by atoms with Crippen LogP contribution in [0.4, 0.5) is 0 Å². The first-order valence-corrected chi connectivity index (χ1v) is 7.71. The zero-order valence-corrected chi connectivity index (χ0v) is 13.5. The Balaban J connectivity index is 1.76. The summed E-state index contributed by atoms with van der Waals surface area (Å²) in [5.41, 5.74) is 7.00. The summed E-state index contributed by atoms with van der Waals surface area (Å²) < 4.78 is 3.25. The fraction of sp³-hybridized carbons (Fsp3) is 0.333. The van der Waals surface area contributed by atoms with Gasteiger partial charge in [-0.3, -0.25) is 0 Å². The molecule has 0 bridgehead atoms. The van der Waals surface area contributed by atoms with E-state index in [-0.39, 0.29) is 9.81 Å². The maximum Gasteiger partial charge on any atom is 0.345 e. The van der Waals surface area contributed by atoms with Gasteiger partial charge in [0.05, 0.1) is 13.1 Å². The average Bonchev–Trinajstić information content (AvgIpc) is 2.98. The zero-order chi connectivity index (χ0) is 16.3. The molecule has 22 heavy (non-hydrogen) atoms. The van der Waals surface area contributed by atoms with Gasteiger partial charge in [0.15, 0.2) is 0 Å². The number of carboxylic acids is 2. The van der Waals surface area contributed by atoms with E-state index in [1.54, 1.807) is 22.7 Å². The van der Waals surface area contributed by atoms with Crippen LogP contribution in [0.25, 0.3) is 0 Å². The van der Waals surface area contributed by atoms with E-state index in [1.165, 1.54) is 0 Å². The number of allylic oxidation sites excluding steroid dienone is 2. The molecule has 4 N–H and O–H groups in total. The van der Waals surface area contributed by atoms with E-state index in [1.807, 2.05) is 0 Å². The highest BCUT2D eigenvalue weighted by Crippen LogP contribution is 2.29. The third-order valence-electron chi connectivity index (χ3n) is 2.63. The maximum atomic E-state index is 10.9. The van der Waals surface area contributed by atoms with Gasteiger partial charge in [-0.05, 0) is 37.7 Å². The molecule has 0 aromatic rings. The standard InChI is InChI=1S/C12H14N4O4S2/c1-7-9(11(17)18)21-15(13-7)5-3-4-6-16-14-8(2)10(22-16)12(19)20/h13-14H,5-6H2,1-2H3,(H,17,18)(H,19,20). The van der Waals surface area contributed by atoms with Gasteiger partial charge in [0.2, 0.25) is 0 Å². The van der Waals surface area contributed by atoms with Crippen LogP contribution in [0, 0.1) is 11.8 Å². The summed E-state index contributed by atoms with van der Waals surface area (Å²) in [5, 5.41) is 17.9. The largest absolute Gasteiger partial charge is 0.477 e. The van der Waals surface area contributed by atoms with Crippen molar-refractivity contribution in [2.45, 2.75) is 13.8 Å². The summed E-state index contributed by atoms with van der Waals surface area (Å²) >= 11 is 2.19. The van der Waals surface area contributed by atoms with E-state index in [0.717, 1.165) is 23.9 Å². The normalized spacial score (nSPS) is 18.8. The molecular formula is C12H14N4O4S2. The Kier molecular flexibility index (Phi) is 5.25. The van der Waals surface area contributed by atoms with Crippen molar-refractivity contribution < 1.29 is 19.8 Å². The lowest BCUT2D eigenvalue weighted by molar-refractivity contribution is -0.132. The van der Waals surface area contributed by atoms with Crippen LogP contribution >= 0.6 is 23.9 Å². The smallest absolute Gasteiger partial charge is 0.345 e. The lowest BCUT2D eigenvalue weighted by Gasteiger charge is -2.12. The van der Waals surface area contributed by atoms with Crippen molar-refractivity contribution in [2.24, 2.45) is 0 Å². The van der Waals surface area contributed by atoms with Crippen molar-refractivity contribution in [2.75, 3.05) is 13.1 Å². The van der Waals surface area contributed by atoms with Crippen LogP contribution < -0.4 is 10.9 Å². The monoisotopic (exact) mass is 342 g/mol. The molecule has 0 aliphatic carbocycles. The first-order chi connectivity index (χ1) is 10.4. The molecule has 0 aromatic carbocycles. The van der Waals surface area contributed by atoms with Gasteiger partial charge >= 0.3 is 11.9 Å². The van der Waals surface area contributed by atoms with E-state index in [2.05, 4.69) is 22.7 Å². The number of hydrazine groups is 2. The highest BCUT2D eigenvalue weighted by atomic mass is 32.2. The third kappa shape index (κ3) is 3.89. The van der Waals surface area contributed by atoms with Crippen molar-refractivity contribution in [3.63, 3.8) is 0 Å². The van der Waals surface area contributed by atoms with Crippen LogP contribution in [0.3, 0.4) is 0 Å². The lowest BCUT2D eigenvalue weighted by atomic mass is 10.4. The van der Waals surface area contributed by atoms with Gasteiger partial charge in [-0.25, -0.2) is 9.59 Å². The number of rotatable bonds is 4. The van der Waals surface area contributed by atoms with E-state index in [9.17, 15) is 9.59 Å². The first-order valence-electron chi connectivity index (χ1n) is 6.17. The Morgan fingerprint density at radius 2 is 1.32 bits per heavy atom. The van der Waals surface area contributed by atoms with E-state index in [0.29, 0.717) is 24.5 Å². The van der Waals surface area contributed by atoms with E-state index >= 15 is 0 Å². The Bertz CT molecular complexity index is 583. The van der Waals surface area contributed by atoms with Gasteiger partial charge in [-0.15, -0.1) is 8.83 Å². The van der Waals surface area contributed by atoms with Gasteiger partial charge in [-0.1, -0.05) is 11.8 Å². The number of nitrogens with zero attached hydrogens (tertiary/aromatic N) is 2. The molecule has 0 fully saturated rings. The number of hydrogen-bond acceptors (Lipinski definition) is 8. The maximum absolute atomic E-state index is 10.9. The number of carbonyl (C=O) groups is 2. The molecule has 0 amide bonds. The molecule has 2 rings (SSSR count). The molecule has 2 heterocycles. The minimum absolute atomic E-state index is 0.254. The second-order valence-electron chi connectivity index (χ2n) is 4.35. The Labute approximate surface area is 135 Å². The molecule has 0 spiro atoms. The molecule has 2 aliphatic rings. The highest BCUT2D eigenvalue weighted by Gasteiger charge is 2.25. The summed E-state index contributed by atoms with van der Waals surface area (Å²) in [6.45, 7) is 4.07. The highest BCUT2D eigenvalue weighted by molar-refractivity contribution is 8.02. The molecule has 0 unspecified atom stereocenters. The van der Waals surface area contributed by atoms with Crippen LogP contribution in [0.2, 0.25) is 0 Å².